The average molecular weight is 428 g/mol. The van der Waals surface area contributed by atoms with Crippen molar-refractivity contribution >= 4 is 18.0 Å². The van der Waals surface area contributed by atoms with Gasteiger partial charge in [-0.2, -0.15) is 0 Å². The molecule has 1 aliphatic heterocycles. The largest absolute Gasteiger partial charge is 0.481 e. The molecule has 1 heterocycles. The van der Waals surface area contributed by atoms with Crippen molar-refractivity contribution in [2.24, 2.45) is 56.4 Å². The van der Waals surface area contributed by atoms with Gasteiger partial charge in [-0.05, 0) is 48.9 Å². The first-order chi connectivity index (χ1) is 14.5. The van der Waals surface area contributed by atoms with Gasteiger partial charge < -0.3 is 14.7 Å². The summed E-state index contributed by atoms with van der Waals surface area (Å²) in [5.41, 5.74) is -0.881. The number of carboxylic acids is 1. The molecule has 0 radical (unpaired) electrons. The van der Waals surface area contributed by atoms with Crippen LogP contribution in [-0.4, -0.2) is 29.2 Å². The molecular weight excluding hydrogens is 390 g/mol. The lowest BCUT2D eigenvalue weighted by molar-refractivity contribution is -0.173. The number of hydrogen-bond donors (Lipinski definition) is 1. The first kappa shape index (κ1) is 21.2. The maximum atomic E-state index is 13.5. The van der Waals surface area contributed by atoms with Gasteiger partial charge in [-0.15, -0.1) is 0 Å². The van der Waals surface area contributed by atoms with Crippen molar-refractivity contribution in [3.05, 3.63) is 11.6 Å². The van der Waals surface area contributed by atoms with E-state index < -0.39 is 22.2 Å². The smallest absolute Gasteiger partial charge is 0.315 e. The third-order valence-electron chi connectivity index (χ3n) is 10.1. The molecule has 0 aromatic heterocycles. The fourth-order valence-electron chi connectivity index (χ4n) is 8.83. The highest BCUT2D eigenvalue weighted by Crippen LogP contribution is 2.83. The van der Waals surface area contributed by atoms with Crippen LogP contribution in [-0.2, 0) is 14.4 Å². The highest BCUT2D eigenvalue weighted by atomic mass is 16.6. The fourth-order valence-corrected chi connectivity index (χ4v) is 8.83. The second-order valence-electron chi connectivity index (χ2n) is 12.5. The number of allylic oxidation sites excluding steroid dienone is 1. The molecule has 1 N–H and O–H groups in total. The molecule has 170 valence electrons. The highest BCUT2D eigenvalue weighted by Gasteiger charge is 2.85. The number of oxime groups is 1. The van der Waals surface area contributed by atoms with Crippen molar-refractivity contribution in [2.45, 2.75) is 79.8 Å². The number of fused-ring (bicyclic) bond motifs is 2. The topological polar surface area (TPSA) is 76.0 Å². The standard InChI is InChI=1S/C26H37NO4/c1-14(2)19-9-16-11-24(13-28)18-8-7-15(3)17(18)12-25(16,26(19,24)22(29)30)20-10-21(31-27-20)23(4,5)6/h9,13-18,21H,7-8,10-12H2,1-6H3,(H,29,30)/t15-,16+,17-,18-,21?,24+,25-,26+/m1/s1. The zero-order valence-electron chi connectivity index (χ0n) is 19.8. The maximum Gasteiger partial charge on any atom is 0.315 e. The van der Waals surface area contributed by atoms with E-state index >= 15 is 0 Å². The van der Waals surface area contributed by atoms with Gasteiger partial charge in [-0.3, -0.25) is 4.79 Å². The molecule has 4 bridgehead atoms. The Kier molecular flexibility index (Phi) is 4.26. The van der Waals surface area contributed by atoms with Crippen LogP contribution >= 0.6 is 0 Å². The Morgan fingerprint density at radius 3 is 2.55 bits per heavy atom. The van der Waals surface area contributed by atoms with Gasteiger partial charge >= 0.3 is 5.97 Å². The number of nitrogens with zero attached hydrogens (tertiary/aromatic N) is 1. The summed E-state index contributed by atoms with van der Waals surface area (Å²) in [6.07, 6.45) is 7.42. The second kappa shape index (κ2) is 6.23. The first-order valence-electron chi connectivity index (χ1n) is 12.1. The average Bonchev–Trinajstić information content (AvgIpc) is 3.41. The summed E-state index contributed by atoms with van der Waals surface area (Å²) in [6, 6.07) is 0. The van der Waals surface area contributed by atoms with E-state index in [0.29, 0.717) is 24.7 Å². The van der Waals surface area contributed by atoms with E-state index in [-0.39, 0.29) is 29.3 Å². The molecule has 5 nitrogen and oxygen atoms in total. The summed E-state index contributed by atoms with van der Waals surface area (Å²) in [7, 11) is 0. The van der Waals surface area contributed by atoms with E-state index in [1.807, 2.05) is 0 Å². The summed E-state index contributed by atoms with van der Waals surface area (Å²) in [5, 5.41) is 15.7. The van der Waals surface area contributed by atoms with Crippen LogP contribution in [0, 0.1) is 51.2 Å². The summed E-state index contributed by atoms with van der Waals surface area (Å²) < 4.78 is 0. The van der Waals surface area contributed by atoms with Crippen LogP contribution < -0.4 is 0 Å². The van der Waals surface area contributed by atoms with Crippen LogP contribution in [0.5, 0.6) is 0 Å². The normalized spacial score (nSPS) is 47.8. The van der Waals surface area contributed by atoms with Gasteiger partial charge in [0.25, 0.3) is 0 Å². The van der Waals surface area contributed by atoms with Crippen molar-refractivity contribution in [1.29, 1.82) is 0 Å². The molecule has 3 saturated carbocycles. The predicted octanol–water partition coefficient (Wildman–Crippen LogP) is 5.10. The molecule has 8 atom stereocenters. The van der Waals surface area contributed by atoms with E-state index in [0.717, 1.165) is 36.8 Å². The summed E-state index contributed by atoms with van der Waals surface area (Å²) >= 11 is 0. The van der Waals surface area contributed by atoms with E-state index in [4.69, 9.17) is 4.84 Å². The molecular formula is C26H37NO4. The minimum absolute atomic E-state index is 0.0464. The zero-order valence-corrected chi connectivity index (χ0v) is 19.8. The Bertz CT molecular complexity index is 898. The van der Waals surface area contributed by atoms with Crippen molar-refractivity contribution < 1.29 is 19.5 Å². The molecule has 0 spiro atoms. The SMILES string of the molecule is CC(C)C1=C[C@H]2C[C@]3(C=O)[C@@H]4CC[C@@H](C)[C@H]4C[C@@]2(C2=NOC(C(C)(C)C)C2)[C@]13C(=O)O. The first-order valence-corrected chi connectivity index (χ1v) is 12.1. The van der Waals surface area contributed by atoms with Crippen LogP contribution in [0.25, 0.3) is 0 Å². The molecule has 4 aliphatic carbocycles. The van der Waals surface area contributed by atoms with Crippen LogP contribution in [0.3, 0.4) is 0 Å². The molecule has 0 amide bonds. The van der Waals surface area contributed by atoms with Crippen molar-refractivity contribution in [3.63, 3.8) is 0 Å². The lowest BCUT2D eigenvalue weighted by atomic mass is 9.41. The number of rotatable bonds is 4. The van der Waals surface area contributed by atoms with Crippen molar-refractivity contribution in [3.8, 4) is 0 Å². The number of carbonyl (C=O) groups excluding carboxylic acids is 1. The minimum Gasteiger partial charge on any atom is -0.481 e. The molecule has 1 unspecified atom stereocenters. The van der Waals surface area contributed by atoms with E-state index in [2.05, 4.69) is 52.8 Å². The molecule has 0 saturated heterocycles. The van der Waals surface area contributed by atoms with Crippen LogP contribution in [0.2, 0.25) is 0 Å². The highest BCUT2D eigenvalue weighted by molar-refractivity contribution is 6.03. The Balaban J connectivity index is 1.76. The lowest BCUT2D eigenvalue weighted by Gasteiger charge is -2.58. The zero-order chi connectivity index (χ0) is 22.6. The van der Waals surface area contributed by atoms with Crippen LogP contribution in [0.15, 0.2) is 16.8 Å². The molecule has 0 aromatic carbocycles. The van der Waals surface area contributed by atoms with Gasteiger partial charge in [0.15, 0.2) is 0 Å². The van der Waals surface area contributed by atoms with Gasteiger partial charge in [0.1, 0.15) is 17.8 Å². The van der Waals surface area contributed by atoms with E-state index in [1.165, 1.54) is 0 Å². The molecule has 5 aliphatic rings. The fraction of sp³-hybridized carbons (Fsp3) is 0.808. The Morgan fingerprint density at radius 2 is 2.00 bits per heavy atom. The monoisotopic (exact) mass is 427 g/mol. The van der Waals surface area contributed by atoms with Gasteiger partial charge in [0.05, 0.1) is 11.1 Å². The Hall–Kier alpha value is -1.65. The number of aliphatic carboxylic acids is 1. The lowest BCUT2D eigenvalue weighted by Crippen LogP contribution is -2.64. The third-order valence-corrected chi connectivity index (χ3v) is 10.1. The Morgan fingerprint density at radius 1 is 1.29 bits per heavy atom. The molecule has 31 heavy (non-hydrogen) atoms. The number of carboxylic acid groups (broad SMARTS) is 1. The molecule has 0 aromatic rings. The summed E-state index contributed by atoms with van der Waals surface area (Å²) in [5.74, 6) is 0.342. The van der Waals surface area contributed by atoms with Crippen LogP contribution in [0.4, 0.5) is 0 Å². The summed E-state index contributed by atoms with van der Waals surface area (Å²) in [6.45, 7) is 12.9. The van der Waals surface area contributed by atoms with Crippen molar-refractivity contribution in [2.75, 3.05) is 0 Å². The number of carbonyl (C=O) groups is 2. The van der Waals surface area contributed by atoms with E-state index in [9.17, 15) is 14.7 Å². The number of aldehydes is 1. The predicted molar refractivity (Wildman–Crippen MR) is 118 cm³/mol. The van der Waals surface area contributed by atoms with Crippen LogP contribution in [0.1, 0.15) is 73.6 Å². The van der Waals surface area contributed by atoms with E-state index in [1.54, 1.807) is 0 Å². The summed E-state index contributed by atoms with van der Waals surface area (Å²) in [4.78, 5) is 32.5. The van der Waals surface area contributed by atoms with Gasteiger partial charge in [0, 0.05) is 17.3 Å². The Labute approximate surface area is 185 Å². The quantitative estimate of drug-likeness (QED) is 0.500. The maximum absolute atomic E-state index is 13.5. The number of hydrogen-bond acceptors (Lipinski definition) is 4. The van der Waals surface area contributed by atoms with Gasteiger partial charge in [-0.25, -0.2) is 0 Å². The minimum atomic E-state index is -1.19. The van der Waals surface area contributed by atoms with Gasteiger partial charge in [0.2, 0.25) is 0 Å². The molecule has 3 fully saturated rings. The molecule has 5 rings (SSSR count). The molecule has 5 heteroatoms. The van der Waals surface area contributed by atoms with Crippen molar-refractivity contribution in [1.82, 2.24) is 0 Å². The van der Waals surface area contributed by atoms with Gasteiger partial charge in [-0.1, -0.05) is 64.8 Å². The third kappa shape index (κ3) is 2.17. The second-order valence-corrected chi connectivity index (χ2v) is 12.5.